The highest BCUT2D eigenvalue weighted by Gasteiger charge is 2.47. The third-order valence-electron chi connectivity index (χ3n) is 13.5. The van der Waals surface area contributed by atoms with Gasteiger partial charge in [-0.3, -0.25) is 4.79 Å². The fourth-order valence-electron chi connectivity index (χ4n) is 9.83. The number of halogens is 24. The normalized spacial score (nSPS) is 13.3. The second-order valence-electron chi connectivity index (χ2n) is 19.1. The molecule has 9 aromatic rings. The molecule has 8 aromatic carbocycles. The Morgan fingerprint density at radius 2 is 0.624 bits per heavy atom. The van der Waals surface area contributed by atoms with Crippen LogP contribution in [-0.2, 0) is 56.0 Å². The second-order valence-corrected chi connectivity index (χ2v) is 20.0. The van der Waals surface area contributed by atoms with Crippen molar-refractivity contribution in [3.63, 3.8) is 0 Å². The summed E-state index contributed by atoms with van der Waals surface area (Å²) in [7, 11) is 0. The molecule has 0 aliphatic rings. The van der Waals surface area contributed by atoms with E-state index in [-0.39, 0.29) is 5.78 Å². The summed E-state index contributed by atoms with van der Waals surface area (Å²) in [6, 6.07) is 19.9. The number of thiazole rings is 1. The van der Waals surface area contributed by atoms with Gasteiger partial charge in [0.05, 0.1) is 49.9 Å². The van der Waals surface area contributed by atoms with Crippen molar-refractivity contribution in [2.45, 2.75) is 56.0 Å². The van der Waals surface area contributed by atoms with Crippen LogP contribution in [0.3, 0.4) is 0 Å². The van der Waals surface area contributed by atoms with Crippen molar-refractivity contribution in [3.8, 4) is 0 Å². The van der Waals surface area contributed by atoms with Gasteiger partial charge in [0, 0.05) is 11.1 Å². The first-order valence-electron chi connectivity index (χ1n) is 23.9. The van der Waals surface area contributed by atoms with Crippen molar-refractivity contribution in [3.05, 3.63) is 230 Å². The van der Waals surface area contributed by atoms with E-state index in [0.29, 0.717) is 6.54 Å². The lowest BCUT2D eigenvalue weighted by atomic mass is 9.12. The van der Waals surface area contributed by atoms with Gasteiger partial charge < -0.3 is 0 Å². The smallest absolute Gasteiger partial charge is 0.281 e. The third kappa shape index (κ3) is 13.4. The Bertz CT molecular complexity index is 3470. The van der Waals surface area contributed by atoms with Crippen LogP contribution >= 0.6 is 11.3 Å². The van der Waals surface area contributed by atoms with Crippen LogP contribution in [0.2, 0.25) is 0 Å². The van der Waals surface area contributed by atoms with E-state index in [4.69, 9.17) is 0 Å². The first kappa shape index (κ1) is 63.0. The van der Waals surface area contributed by atoms with Gasteiger partial charge in [0.25, 0.3) is 5.78 Å². The molecule has 0 saturated carbocycles. The van der Waals surface area contributed by atoms with Crippen LogP contribution in [0.25, 0.3) is 21.5 Å². The lowest BCUT2D eigenvalue weighted by molar-refractivity contribution is -0.685. The zero-order chi connectivity index (χ0) is 62.8. The van der Waals surface area contributed by atoms with E-state index < -0.39 is 195 Å². The highest BCUT2D eigenvalue weighted by atomic mass is 32.1. The lowest BCUT2D eigenvalue weighted by Gasteiger charge is -2.46. The summed E-state index contributed by atoms with van der Waals surface area (Å²) in [6.07, 6.45) is -52.8. The fraction of sp³-hybridized carbons (Fsp3) is 0.158. The van der Waals surface area contributed by atoms with Crippen molar-refractivity contribution in [1.29, 1.82) is 0 Å². The number of rotatable bonds is 8. The molecular formula is C57H30BF24NOS. The van der Waals surface area contributed by atoms with E-state index in [2.05, 4.69) is 34.9 Å². The number of aromatic nitrogens is 1. The minimum Gasteiger partial charge on any atom is -0.281 e. The highest BCUT2D eigenvalue weighted by molar-refractivity contribution is 7.20. The summed E-state index contributed by atoms with van der Waals surface area (Å²) in [4.78, 5) is 13.7. The standard InChI is InChI=1S/C32H12BF24.C25H18NOS/c34-25(35,36)13-1-14(26(37,38)39)6-21(5-13)33(22-7-15(27(40,41)42)2-16(8-22)28(43,44)45,23-9-17(29(46,47)48)3-18(10-23)30(49,50)51)24-11-19(31(52,53)54)4-20(12-24)32(55,56)57;27-24(25-26(14-15-28-25)17-18-8-2-1-3-9-18)23-21-12-6-4-10-19(21)16-20-11-5-7-13-22(20)23/h1-12H;1-16H,17H2/q-1;+1. The number of hydrogen-bond donors (Lipinski definition) is 0. The molecule has 0 radical (unpaired) electrons. The molecule has 9 rings (SSSR count). The average Bonchev–Trinajstić information content (AvgIpc) is 1.08. The Balaban J connectivity index is 0.000000276. The van der Waals surface area contributed by atoms with Crippen molar-refractivity contribution >= 4 is 66.7 Å². The molecule has 1 heterocycles. The van der Waals surface area contributed by atoms with Crippen LogP contribution in [0.1, 0.15) is 65.4 Å². The third-order valence-corrected chi connectivity index (χ3v) is 14.4. The SMILES string of the molecule is FC(F)(F)c1cc([B-](c2cc(C(F)(F)F)cc(C(F)(F)F)c2)(c2cc(C(F)(F)F)cc(C(F)(F)F)c2)c2cc(C(F)(F)F)cc(C(F)(F)F)c2)cc(C(F)(F)F)c1.O=C(c1c2ccccc2cc2ccccc12)c1scc[n+]1Cc1ccccc1. The molecule has 0 amide bonds. The van der Waals surface area contributed by atoms with Gasteiger partial charge in [-0.1, -0.05) is 139 Å². The highest BCUT2D eigenvalue weighted by Crippen LogP contribution is 2.42. The molecule has 28 heteroatoms. The number of carbonyl (C=O) groups is 1. The number of ketones is 1. The van der Waals surface area contributed by atoms with E-state index in [1.807, 2.05) is 66.2 Å². The molecule has 2 nitrogen and oxygen atoms in total. The molecule has 446 valence electrons. The predicted molar refractivity (Wildman–Crippen MR) is 265 cm³/mol. The second kappa shape index (κ2) is 22.1. The lowest BCUT2D eigenvalue weighted by Crippen LogP contribution is -2.75. The van der Waals surface area contributed by atoms with Crippen molar-refractivity contribution < 1.29 is 115 Å². The largest absolute Gasteiger partial charge is 0.416 e. The summed E-state index contributed by atoms with van der Waals surface area (Å²) in [6.45, 7) is 0.689. The van der Waals surface area contributed by atoms with E-state index in [1.54, 1.807) is 0 Å². The van der Waals surface area contributed by atoms with Gasteiger partial charge in [-0.2, -0.15) is 132 Å². The van der Waals surface area contributed by atoms with Crippen LogP contribution in [0, 0.1) is 0 Å². The van der Waals surface area contributed by atoms with E-state index in [0.717, 1.165) is 32.1 Å². The maximum atomic E-state index is 14.2. The Kier molecular flexibility index (Phi) is 16.4. The number of hydrogen-bond acceptors (Lipinski definition) is 2. The summed E-state index contributed by atoms with van der Waals surface area (Å²) in [5, 5.41) is 6.94. The molecule has 0 N–H and O–H groups in total. The molecule has 0 aliphatic carbocycles. The molecule has 1 aromatic heterocycles. The number of benzene rings is 8. The van der Waals surface area contributed by atoms with E-state index >= 15 is 0 Å². The monoisotopic (exact) mass is 1240 g/mol. The van der Waals surface area contributed by atoms with Crippen LogP contribution < -0.4 is 26.4 Å². The molecule has 0 fully saturated rings. The number of fused-ring (bicyclic) bond motifs is 2. The van der Waals surface area contributed by atoms with E-state index in [9.17, 15) is 110 Å². The molecule has 0 bridgehead atoms. The Labute approximate surface area is 466 Å². The van der Waals surface area contributed by atoms with Gasteiger partial charge in [0.1, 0.15) is 6.15 Å². The average molecular weight is 1240 g/mol. The topological polar surface area (TPSA) is 20.9 Å². The minimum atomic E-state index is -6.13. The van der Waals surface area contributed by atoms with Crippen molar-refractivity contribution in [1.82, 2.24) is 0 Å². The molecule has 0 atom stereocenters. The summed E-state index contributed by atoms with van der Waals surface area (Å²) in [5.41, 5.74) is -28.2. The van der Waals surface area contributed by atoms with Gasteiger partial charge >= 0.3 is 54.4 Å². The predicted octanol–water partition coefficient (Wildman–Crippen LogP) is 16.8. The molecule has 0 spiro atoms. The summed E-state index contributed by atoms with van der Waals surface area (Å²) >= 11 is 1.50. The number of carbonyl (C=O) groups excluding carboxylic acids is 1. The van der Waals surface area contributed by atoms with Crippen LogP contribution in [0.15, 0.2) is 169 Å². The Hall–Kier alpha value is -8.04. The zero-order valence-electron chi connectivity index (χ0n) is 41.8. The molecular weight excluding hydrogens is 1210 g/mol. The van der Waals surface area contributed by atoms with Gasteiger partial charge in [-0.15, -0.1) is 0 Å². The maximum Gasteiger partial charge on any atom is 0.416 e. The Morgan fingerprint density at radius 3 is 0.906 bits per heavy atom. The first-order valence-corrected chi connectivity index (χ1v) is 24.8. The summed E-state index contributed by atoms with van der Waals surface area (Å²) < 4.78 is 343. The zero-order valence-corrected chi connectivity index (χ0v) is 42.6. The molecule has 0 saturated heterocycles. The van der Waals surface area contributed by atoms with Crippen LogP contribution in [0.4, 0.5) is 105 Å². The molecule has 85 heavy (non-hydrogen) atoms. The van der Waals surface area contributed by atoms with E-state index in [1.165, 1.54) is 16.9 Å². The Morgan fingerprint density at radius 1 is 0.353 bits per heavy atom. The quantitative estimate of drug-likeness (QED) is 0.0488. The van der Waals surface area contributed by atoms with Crippen molar-refractivity contribution in [2.75, 3.05) is 0 Å². The van der Waals surface area contributed by atoms with Crippen molar-refractivity contribution in [2.24, 2.45) is 0 Å². The van der Waals surface area contributed by atoms with Gasteiger partial charge in [-0.05, 0) is 51.9 Å². The van der Waals surface area contributed by atoms with Gasteiger partial charge in [0.15, 0.2) is 12.7 Å². The minimum absolute atomic E-state index is 0.0823. The summed E-state index contributed by atoms with van der Waals surface area (Å²) in [5.74, 6) is 0.0823. The first-order chi connectivity index (χ1) is 39.1. The van der Waals surface area contributed by atoms with Gasteiger partial charge in [-0.25, -0.2) is 0 Å². The fourth-order valence-corrected chi connectivity index (χ4v) is 10.6. The molecule has 0 aliphatic heterocycles. The number of alkyl halides is 24. The van der Waals surface area contributed by atoms with Crippen LogP contribution in [-0.4, -0.2) is 11.9 Å². The van der Waals surface area contributed by atoms with Gasteiger partial charge in [0.2, 0.25) is 0 Å². The maximum absolute atomic E-state index is 14.2. The van der Waals surface area contributed by atoms with Crippen LogP contribution in [0.5, 0.6) is 0 Å². The molecule has 0 unspecified atom stereocenters. The number of nitrogens with zero attached hydrogens (tertiary/aromatic N) is 1.